The lowest BCUT2D eigenvalue weighted by Crippen LogP contribution is -2.35. The average Bonchev–Trinajstić information content (AvgIpc) is 2.95. The molecule has 0 aliphatic heterocycles. The summed E-state index contributed by atoms with van der Waals surface area (Å²) in [6, 6.07) is 10.6. The van der Waals surface area contributed by atoms with Crippen LogP contribution in [0.15, 0.2) is 40.9 Å². The molecule has 22 heavy (non-hydrogen) atoms. The van der Waals surface area contributed by atoms with Gasteiger partial charge in [-0.05, 0) is 5.56 Å². The Kier molecular flexibility index (Phi) is 5.26. The van der Waals surface area contributed by atoms with E-state index in [0.717, 1.165) is 5.56 Å². The van der Waals surface area contributed by atoms with Crippen molar-refractivity contribution < 1.29 is 24.0 Å². The van der Waals surface area contributed by atoms with Crippen molar-refractivity contribution in [2.45, 2.75) is 13.2 Å². The number of amides is 1. The van der Waals surface area contributed by atoms with Gasteiger partial charge in [-0.25, -0.2) is 0 Å². The zero-order valence-electron chi connectivity index (χ0n) is 12.1. The van der Waals surface area contributed by atoms with Gasteiger partial charge in [0.25, 0.3) is 5.91 Å². The van der Waals surface area contributed by atoms with Gasteiger partial charge in [0.05, 0.1) is 0 Å². The summed E-state index contributed by atoms with van der Waals surface area (Å²) in [7, 11) is 1.50. The Bertz CT molecular complexity index is 638. The zero-order valence-corrected chi connectivity index (χ0v) is 12.1. The fourth-order valence-corrected chi connectivity index (χ4v) is 1.95. The smallest absolute Gasteiger partial charge is 0.323 e. The van der Waals surface area contributed by atoms with E-state index in [1.54, 1.807) is 0 Å². The lowest BCUT2D eigenvalue weighted by molar-refractivity contribution is -0.137. The third-order valence-electron chi connectivity index (χ3n) is 2.89. The van der Waals surface area contributed by atoms with Crippen molar-refractivity contribution in [3.8, 4) is 0 Å². The number of hydrogen-bond acceptors (Lipinski definition) is 5. The molecular weight excluding hydrogens is 288 g/mol. The maximum absolute atomic E-state index is 12.4. The van der Waals surface area contributed by atoms with Crippen LogP contribution in [0.4, 0.5) is 0 Å². The number of carbonyl (C=O) groups is 2. The summed E-state index contributed by atoms with van der Waals surface area (Å²) in [4.78, 5) is 24.6. The van der Waals surface area contributed by atoms with Crippen molar-refractivity contribution in [2.75, 3.05) is 13.7 Å². The molecule has 1 aromatic carbocycles. The Labute approximate surface area is 127 Å². The van der Waals surface area contributed by atoms with E-state index in [2.05, 4.69) is 5.16 Å². The Morgan fingerprint density at radius 3 is 2.68 bits per heavy atom. The number of carbonyl (C=O) groups excluding carboxylic acids is 1. The Balaban J connectivity index is 2.16. The van der Waals surface area contributed by atoms with Crippen LogP contribution in [-0.2, 0) is 22.7 Å². The molecule has 0 bridgehead atoms. The molecule has 7 heteroatoms. The summed E-state index contributed by atoms with van der Waals surface area (Å²) in [6.45, 7) is -0.0451. The molecule has 0 aliphatic carbocycles. The lowest BCUT2D eigenvalue weighted by Gasteiger charge is -2.19. The van der Waals surface area contributed by atoms with Crippen LogP contribution in [0.2, 0.25) is 0 Å². The first-order valence-corrected chi connectivity index (χ1v) is 6.59. The second-order valence-corrected chi connectivity index (χ2v) is 4.65. The number of carboxylic acid groups (broad SMARTS) is 1. The van der Waals surface area contributed by atoms with Gasteiger partial charge >= 0.3 is 5.97 Å². The number of benzene rings is 1. The summed E-state index contributed by atoms with van der Waals surface area (Å²) in [5.74, 6) is -1.19. The minimum Gasteiger partial charge on any atom is -0.480 e. The highest BCUT2D eigenvalue weighted by molar-refractivity contribution is 5.94. The van der Waals surface area contributed by atoms with Crippen molar-refractivity contribution in [1.82, 2.24) is 10.1 Å². The van der Waals surface area contributed by atoms with Gasteiger partial charge in [0.15, 0.2) is 11.5 Å². The predicted molar refractivity (Wildman–Crippen MR) is 76.0 cm³/mol. The van der Waals surface area contributed by atoms with E-state index in [1.165, 1.54) is 18.1 Å². The van der Waals surface area contributed by atoms with E-state index < -0.39 is 18.4 Å². The van der Waals surface area contributed by atoms with Crippen molar-refractivity contribution in [2.24, 2.45) is 0 Å². The van der Waals surface area contributed by atoms with Gasteiger partial charge in [0.2, 0.25) is 0 Å². The van der Waals surface area contributed by atoms with E-state index in [9.17, 15) is 9.59 Å². The van der Waals surface area contributed by atoms with Crippen molar-refractivity contribution in [1.29, 1.82) is 0 Å². The topological polar surface area (TPSA) is 92.9 Å². The van der Waals surface area contributed by atoms with Crippen molar-refractivity contribution in [3.63, 3.8) is 0 Å². The molecule has 116 valence electrons. The molecule has 0 spiro atoms. The number of carboxylic acids is 1. The molecule has 2 rings (SSSR count). The average molecular weight is 304 g/mol. The Morgan fingerprint density at radius 2 is 2.05 bits per heavy atom. The third-order valence-corrected chi connectivity index (χ3v) is 2.89. The molecule has 1 heterocycles. The minimum absolute atomic E-state index is 0.0595. The summed E-state index contributed by atoms with van der Waals surface area (Å²) >= 11 is 0. The first kappa shape index (κ1) is 15.7. The number of aromatic nitrogens is 1. The molecule has 0 radical (unpaired) electrons. The summed E-state index contributed by atoms with van der Waals surface area (Å²) in [5.41, 5.74) is 0.891. The van der Waals surface area contributed by atoms with E-state index in [1.807, 2.05) is 30.3 Å². The number of nitrogens with zero attached hydrogens (tertiary/aromatic N) is 2. The molecular formula is C15H16N2O5. The van der Waals surface area contributed by atoms with Gasteiger partial charge in [-0.2, -0.15) is 0 Å². The van der Waals surface area contributed by atoms with Crippen molar-refractivity contribution >= 4 is 11.9 Å². The Morgan fingerprint density at radius 1 is 1.32 bits per heavy atom. The largest absolute Gasteiger partial charge is 0.480 e. The SMILES string of the molecule is COCc1cc(C(=O)N(CC(=O)O)Cc2ccccc2)no1. The number of hydrogen-bond donors (Lipinski definition) is 1. The maximum atomic E-state index is 12.4. The number of methoxy groups -OCH3 is 1. The quantitative estimate of drug-likeness (QED) is 0.834. The molecule has 1 N–H and O–H groups in total. The van der Waals surface area contributed by atoms with Crippen LogP contribution in [0, 0.1) is 0 Å². The maximum Gasteiger partial charge on any atom is 0.323 e. The lowest BCUT2D eigenvalue weighted by atomic mass is 10.2. The van der Waals surface area contributed by atoms with Crippen LogP contribution >= 0.6 is 0 Å². The van der Waals surface area contributed by atoms with Gasteiger partial charge in [-0.1, -0.05) is 35.5 Å². The van der Waals surface area contributed by atoms with Crippen LogP contribution in [0.3, 0.4) is 0 Å². The zero-order chi connectivity index (χ0) is 15.9. The van der Waals surface area contributed by atoms with E-state index in [4.69, 9.17) is 14.4 Å². The predicted octanol–water partition coefficient (Wildman–Crippen LogP) is 1.55. The molecule has 1 amide bonds. The molecule has 0 atom stereocenters. The van der Waals surface area contributed by atoms with Crippen LogP contribution in [-0.4, -0.2) is 40.7 Å². The van der Waals surface area contributed by atoms with Gasteiger partial charge in [-0.3, -0.25) is 9.59 Å². The van der Waals surface area contributed by atoms with Crippen LogP contribution < -0.4 is 0 Å². The first-order valence-electron chi connectivity index (χ1n) is 6.59. The monoisotopic (exact) mass is 304 g/mol. The standard InChI is InChI=1S/C15H16N2O5/c1-21-10-12-7-13(16-22-12)15(20)17(9-14(18)19)8-11-5-3-2-4-6-11/h2-7H,8-10H2,1H3,(H,18,19). The second-order valence-electron chi connectivity index (χ2n) is 4.65. The third kappa shape index (κ3) is 4.16. The fourth-order valence-electron chi connectivity index (χ4n) is 1.95. The van der Waals surface area contributed by atoms with E-state index >= 15 is 0 Å². The summed E-state index contributed by atoms with van der Waals surface area (Å²) in [5, 5.41) is 12.7. The van der Waals surface area contributed by atoms with Crippen LogP contribution in [0.25, 0.3) is 0 Å². The summed E-state index contributed by atoms with van der Waals surface area (Å²) in [6.07, 6.45) is 0. The molecule has 0 saturated carbocycles. The van der Waals surface area contributed by atoms with Crippen LogP contribution in [0.5, 0.6) is 0 Å². The number of aliphatic carboxylic acids is 1. The number of ether oxygens (including phenoxy) is 1. The van der Waals surface area contributed by atoms with Gasteiger partial charge in [0, 0.05) is 19.7 Å². The highest BCUT2D eigenvalue weighted by Gasteiger charge is 2.22. The normalized spacial score (nSPS) is 10.4. The Hall–Kier alpha value is -2.67. The van der Waals surface area contributed by atoms with Crippen molar-refractivity contribution in [3.05, 3.63) is 53.4 Å². The van der Waals surface area contributed by atoms with E-state index in [0.29, 0.717) is 5.76 Å². The summed E-state index contributed by atoms with van der Waals surface area (Å²) < 4.78 is 9.85. The number of rotatable bonds is 7. The molecule has 0 fully saturated rings. The van der Waals surface area contributed by atoms with E-state index in [-0.39, 0.29) is 18.8 Å². The second kappa shape index (κ2) is 7.37. The molecule has 7 nitrogen and oxygen atoms in total. The molecule has 0 unspecified atom stereocenters. The molecule has 2 aromatic rings. The minimum atomic E-state index is -1.09. The van der Waals surface area contributed by atoms with Crippen LogP contribution in [0.1, 0.15) is 21.8 Å². The highest BCUT2D eigenvalue weighted by Crippen LogP contribution is 2.11. The molecule has 0 aliphatic rings. The fraction of sp³-hybridized carbons (Fsp3) is 0.267. The van der Waals surface area contributed by atoms with Gasteiger partial charge < -0.3 is 19.3 Å². The molecule has 1 aromatic heterocycles. The highest BCUT2D eigenvalue weighted by atomic mass is 16.5. The van der Waals surface area contributed by atoms with Gasteiger partial charge in [0.1, 0.15) is 13.2 Å². The molecule has 0 saturated heterocycles. The van der Waals surface area contributed by atoms with Gasteiger partial charge in [-0.15, -0.1) is 0 Å². The first-order chi connectivity index (χ1) is 10.6.